The van der Waals surface area contributed by atoms with Gasteiger partial charge >= 0.3 is 13.7 Å². The molecule has 8 unspecified atom stereocenters. The number of esters is 1. The van der Waals surface area contributed by atoms with E-state index < -0.39 is 56.3 Å². The fraction of sp³-hybridized carbons (Fsp3) is 0.500. The van der Waals surface area contributed by atoms with E-state index in [1.165, 1.54) is 37.9 Å². The normalized spacial score (nSPS) is 28.6. The van der Waals surface area contributed by atoms with Gasteiger partial charge in [-0.1, -0.05) is 49.7 Å². The van der Waals surface area contributed by atoms with Crippen LogP contribution in [0.5, 0.6) is 5.75 Å². The number of benzene rings is 2. The van der Waals surface area contributed by atoms with Gasteiger partial charge in [0.2, 0.25) is 6.35 Å². The minimum Gasteiger partial charge on any atom is -0.465 e. The third kappa shape index (κ3) is 6.95. The SMILES string of the molecule is CCCCOC(=O)C(C)NP(=O)(Oc1cccc2ccccc12)OC(C)C1OC(N2C=CC(N)=NC2O)C(C)(O)C1O. The van der Waals surface area contributed by atoms with Gasteiger partial charge in [0.05, 0.1) is 12.7 Å². The quantitative estimate of drug-likeness (QED) is 0.135. The molecule has 0 aliphatic carbocycles. The molecule has 13 nitrogen and oxygen atoms in total. The number of hydrogen-bond donors (Lipinski definition) is 5. The number of aliphatic hydroxyl groups is 3. The Morgan fingerprint density at radius 1 is 1.24 bits per heavy atom. The highest BCUT2D eigenvalue weighted by Crippen LogP contribution is 2.49. The Kier molecular flexibility index (Phi) is 9.94. The summed E-state index contributed by atoms with van der Waals surface area (Å²) in [7, 11) is -4.38. The second-order valence-electron chi connectivity index (χ2n) is 10.5. The first kappa shape index (κ1) is 31.9. The highest BCUT2D eigenvalue weighted by Gasteiger charge is 2.57. The Hall–Kier alpha value is -3.03. The van der Waals surface area contributed by atoms with Gasteiger partial charge in [-0.15, -0.1) is 0 Å². The standard InChI is InChI=1S/C28H39N4O9P/c1-5-6-16-38-25(34)17(2)31-42(37,41-21-13-9-11-19-10-7-8-12-20(19)21)40-18(3)23-24(33)28(4,36)26(39-23)32-15-14-22(29)30-27(32)35/h7-15,17-18,23-24,26-27,33,35-36H,5-6,16H2,1-4H3,(H2,29,30)(H,31,37). The molecular formula is C28H39N4O9P. The lowest BCUT2D eigenvalue weighted by molar-refractivity contribution is -0.162. The molecule has 2 aromatic rings. The number of fused-ring (bicyclic) bond motifs is 1. The molecule has 230 valence electrons. The Labute approximate surface area is 244 Å². The smallest absolute Gasteiger partial charge is 0.459 e. The molecule has 4 rings (SSSR count). The van der Waals surface area contributed by atoms with Crippen molar-refractivity contribution in [3.8, 4) is 5.75 Å². The molecule has 2 aromatic carbocycles. The molecule has 1 saturated heterocycles. The van der Waals surface area contributed by atoms with Gasteiger partial charge in [0.1, 0.15) is 35.4 Å². The van der Waals surface area contributed by atoms with Crippen LogP contribution in [0.1, 0.15) is 40.5 Å². The van der Waals surface area contributed by atoms with Crippen LogP contribution in [0.3, 0.4) is 0 Å². The van der Waals surface area contributed by atoms with E-state index in [2.05, 4.69) is 10.1 Å². The van der Waals surface area contributed by atoms with E-state index >= 15 is 0 Å². The second-order valence-corrected chi connectivity index (χ2v) is 12.2. The highest BCUT2D eigenvalue weighted by atomic mass is 31.2. The number of carbonyl (C=O) groups is 1. The minimum absolute atomic E-state index is 0.0742. The number of aliphatic imine (C=N–C) groups is 1. The van der Waals surface area contributed by atoms with Crippen LogP contribution in [0.4, 0.5) is 0 Å². The Morgan fingerprint density at radius 3 is 2.67 bits per heavy atom. The second kappa shape index (κ2) is 13.1. The van der Waals surface area contributed by atoms with Gasteiger partial charge in [0, 0.05) is 11.6 Å². The summed E-state index contributed by atoms with van der Waals surface area (Å²) in [6.45, 7) is 6.45. The first-order chi connectivity index (χ1) is 19.9. The van der Waals surface area contributed by atoms with E-state index in [0.717, 1.165) is 11.8 Å². The summed E-state index contributed by atoms with van der Waals surface area (Å²) in [4.78, 5) is 17.7. The summed E-state index contributed by atoms with van der Waals surface area (Å²) < 4.78 is 37.5. The van der Waals surface area contributed by atoms with Crippen molar-refractivity contribution in [2.45, 2.75) is 83.1 Å². The molecule has 42 heavy (non-hydrogen) atoms. The first-order valence-corrected chi connectivity index (χ1v) is 15.3. The molecule has 2 heterocycles. The number of rotatable bonds is 12. The molecule has 14 heteroatoms. The van der Waals surface area contributed by atoms with Gasteiger partial charge in [0.25, 0.3) is 0 Å². The number of nitrogens with zero attached hydrogens (tertiary/aromatic N) is 2. The number of nitrogens with one attached hydrogen (secondary N) is 1. The fourth-order valence-corrected chi connectivity index (χ4v) is 6.47. The zero-order valence-corrected chi connectivity index (χ0v) is 24.9. The Balaban J connectivity index is 1.59. The van der Waals surface area contributed by atoms with E-state index in [1.807, 2.05) is 25.1 Å². The molecule has 0 aromatic heterocycles. The molecule has 0 bridgehead atoms. The van der Waals surface area contributed by atoms with Gasteiger partial charge in [-0.3, -0.25) is 9.32 Å². The Morgan fingerprint density at radius 2 is 1.95 bits per heavy atom. The topological polar surface area (TPSA) is 185 Å². The largest absolute Gasteiger partial charge is 0.465 e. The van der Waals surface area contributed by atoms with Gasteiger partial charge in [0.15, 0.2) is 6.23 Å². The van der Waals surface area contributed by atoms with Gasteiger partial charge < -0.3 is 40.0 Å². The summed E-state index contributed by atoms with van der Waals surface area (Å²) in [6.07, 6.45) is -2.41. The number of ether oxygens (including phenoxy) is 2. The maximum Gasteiger partial charge on any atom is 0.459 e. The van der Waals surface area contributed by atoms with Crippen molar-refractivity contribution in [1.29, 1.82) is 0 Å². The molecule has 0 spiro atoms. The number of amidine groups is 1. The van der Waals surface area contributed by atoms with Crippen LogP contribution in [0.15, 0.2) is 59.7 Å². The highest BCUT2D eigenvalue weighted by molar-refractivity contribution is 7.52. The number of aliphatic hydroxyl groups excluding tert-OH is 2. The molecule has 8 atom stereocenters. The van der Waals surface area contributed by atoms with E-state index in [9.17, 15) is 24.7 Å². The van der Waals surface area contributed by atoms with Crippen LogP contribution in [0.2, 0.25) is 0 Å². The Bertz CT molecular complexity index is 1360. The maximum atomic E-state index is 14.3. The van der Waals surface area contributed by atoms with E-state index in [4.69, 9.17) is 24.3 Å². The van der Waals surface area contributed by atoms with Crippen molar-refractivity contribution in [3.63, 3.8) is 0 Å². The van der Waals surface area contributed by atoms with Crippen LogP contribution in [0.25, 0.3) is 10.8 Å². The van der Waals surface area contributed by atoms with Crippen molar-refractivity contribution >= 4 is 30.3 Å². The molecule has 2 aliphatic heterocycles. The lowest BCUT2D eigenvalue weighted by Gasteiger charge is -2.37. The summed E-state index contributed by atoms with van der Waals surface area (Å²) in [5, 5.41) is 36.8. The monoisotopic (exact) mass is 606 g/mol. The van der Waals surface area contributed by atoms with Crippen molar-refractivity contribution in [3.05, 3.63) is 54.7 Å². The molecule has 6 N–H and O–H groups in total. The van der Waals surface area contributed by atoms with E-state index in [0.29, 0.717) is 11.8 Å². The average Bonchev–Trinajstić information content (AvgIpc) is 3.17. The van der Waals surface area contributed by atoms with E-state index in [-0.39, 0.29) is 18.2 Å². The lowest BCUT2D eigenvalue weighted by Crippen LogP contribution is -2.55. The molecule has 0 radical (unpaired) electrons. The molecule has 0 amide bonds. The summed E-state index contributed by atoms with van der Waals surface area (Å²) >= 11 is 0. The lowest BCUT2D eigenvalue weighted by atomic mass is 9.94. The predicted molar refractivity (Wildman–Crippen MR) is 155 cm³/mol. The number of unbranched alkanes of at least 4 members (excludes halogenated alkanes) is 1. The van der Waals surface area contributed by atoms with Gasteiger partial charge in [-0.05, 0) is 44.7 Å². The first-order valence-electron chi connectivity index (χ1n) is 13.8. The number of carbonyl (C=O) groups excluding carboxylic acids is 1. The molecule has 0 saturated carbocycles. The van der Waals surface area contributed by atoms with E-state index in [1.54, 1.807) is 24.3 Å². The average molecular weight is 607 g/mol. The number of hydrogen-bond acceptors (Lipinski definition) is 12. The summed E-state index contributed by atoms with van der Waals surface area (Å²) in [6, 6.07) is 11.4. The predicted octanol–water partition coefficient (Wildman–Crippen LogP) is 2.35. The van der Waals surface area contributed by atoms with Crippen LogP contribution < -0.4 is 15.3 Å². The maximum absolute atomic E-state index is 14.3. The molecule has 2 aliphatic rings. The van der Waals surface area contributed by atoms with Gasteiger partial charge in [-0.2, -0.15) is 5.09 Å². The van der Waals surface area contributed by atoms with Crippen LogP contribution in [-0.2, 0) is 23.4 Å². The van der Waals surface area contributed by atoms with Crippen LogP contribution in [-0.4, -0.2) is 81.2 Å². The molecule has 1 fully saturated rings. The van der Waals surface area contributed by atoms with Crippen molar-refractivity contribution < 1.29 is 43.2 Å². The fourth-order valence-electron chi connectivity index (χ4n) is 4.75. The van der Waals surface area contributed by atoms with Crippen molar-refractivity contribution in [2.75, 3.05) is 6.61 Å². The zero-order chi connectivity index (χ0) is 30.7. The zero-order valence-electron chi connectivity index (χ0n) is 24.0. The van der Waals surface area contributed by atoms with Gasteiger partial charge in [-0.25, -0.2) is 9.56 Å². The van der Waals surface area contributed by atoms with Crippen LogP contribution >= 0.6 is 7.75 Å². The third-order valence-corrected chi connectivity index (χ3v) is 8.85. The minimum atomic E-state index is -4.38. The summed E-state index contributed by atoms with van der Waals surface area (Å²) in [5.74, 6) is -0.338. The molecular weight excluding hydrogens is 567 g/mol. The van der Waals surface area contributed by atoms with Crippen molar-refractivity contribution in [1.82, 2.24) is 9.99 Å². The van der Waals surface area contributed by atoms with Crippen molar-refractivity contribution in [2.24, 2.45) is 10.7 Å². The third-order valence-electron chi connectivity index (χ3n) is 7.10. The van der Waals surface area contributed by atoms with Crippen LogP contribution in [0, 0.1) is 0 Å². The number of nitrogens with two attached hydrogens (primary N) is 1. The summed E-state index contributed by atoms with van der Waals surface area (Å²) in [5.41, 5.74) is 3.72.